The second kappa shape index (κ2) is 12.1. The third-order valence-corrected chi connectivity index (χ3v) is 7.00. The molecule has 170 valence electrons. The minimum absolute atomic E-state index is 0. The summed E-state index contributed by atoms with van der Waals surface area (Å²) in [5.74, 6) is 1.69. The van der Waals surface area contributed by atoms with Gasteiger partial charge in [-0.25, -0.2) is 0 Å². The van der Waals surface area contributed by atoms with Gasteiger partial charge in [-0.3, -0.25) is 4.99 Å². The number of piperidine rings is 1. The van der Waals surface area contributed by atoms with Gasteiger partial charge in [0.1, 0.15) is 0 Å². The lowest BCUT2D eigenvalue weighted by Gasteiger charge is -2.52. The van der Waals surface area contributed by atoms with Gasteiger partial charge in [-0.2, -0.15) is 0 Å². The molecule has 2 N–H and O–H groups in total. The molecule has 6 nitrogen and oxygen atoms in total. The number of hydrogen-bond donors (Lipinski definition) is 2. The zero-order valence-electron chi connectivity index (χ0n) is 18.9. The van der Waals surface area contributed by atoms with E-state index in [0.29, 0.717) is 18.2 Å². The first-order valence-electron chi connectivity index (χ1n) is 11.4. The van der Waals surface area contributed by atoms with E-state index in [-0.39, 0.29) is 29.4 Å². The zero-order valence-corrected chi connectivity index (χ0v) is 21.2. The lowest BCUT2D eigenvalue weighted by Crippen LogP contribution is -2.64. The lowest BCUT2D eigenvalue weighted by molar-refractivity contribution is -0.113. The lowest BCUT2D eigenvalue weighted by atomic mass is 9.64. The first-order valence-corrected chi connectivity index (χ1v) is 11.4. The summed E-state index contributed by atoms with van der Waals surface area (Å²) in [7, 11) is 1.88. The fourth-order valence-corrected chi connectivity index (χ4v) is 4.66. The molecule has 1 saturated carbocycles. The maximum absolute atomic E-state index is 6.08. The highest BCUT2D eigenvalue weighted by atomic mass is 127. The predicted molar refractivity (Wildman–Crippen MR) is 130 cm³/mol. The van der Waals surface area contributed by atoms with Crippen LogP contribution in [0.1, 0.15) is 59.3 Å². The molecule has 0 aromatic heterocycles. The number of hydrogen-bond acceptors (Lipinski definition) is 4. The number of rotatable bonds is 8. The van der Waals surface area contributed by atoms with E-state index in [1.807, 2.05) is 7.05 Å². The summed E-state index contributed by atoms with van der Waals surface area (Å²) in [5, 5.41) is 7.33. The SMILES string of the molecule is CCCCOC1CC(NC(=NC)NC2CCN(CC3CCOC3)CC2)C1(C)C.I. The van der Waals surface area contributed by atoms with E-state index < -0.39 is 0 Å². The van der Waals surface area contributed by atoms with E-state index in [4.69, 9.17) is 9.47 Å². The van der Waals surface area contributed by atoms with Crippen LogP contribution in [-0.2, 0) is 9.47 Å². The average Bonchev–Trinajstić information content (AvgIpc) is 3.20. The molecule has 29 heavy (non-hydrogen) atoms. The standard InChI is InChI=1S/C22H42N4O2.HI/c1-5-6-12-28-20-14-19(22(20,2)3)25-21(23-4)24-18-7-10-26(11-8-18)15-17-9-13-27-16-17;/h17-20H,5-16H2,1-4H3,(H2,23,24,25);1H. The summed E-state index contributed by atoms with van der Waals surface area (Å²) >= 11 is 0. The van der Waals surface area contributed by atoms with E-state index in [1.165, 1.54) is 45.3 Å². The number of halogens is 1. The molecule has 0 bridgehead atoms. The first kappa shape index (κ1) is 25.1. The molecule has 3 aliphatic rings. The van der Waals surface area contributed by atoms with Crippen molar-refractivity contribution in [2.45, 2.75) is 77.5 Å². The average molecular weight is 523 g/mol. The van der Waals surface area contributed by atoms with Gasteiger partial charge in [0.2, 0.25) is 0 Å². The molecule has 0 amide bonds. The normalized spacial score (nSPS) is 30.5. The van der Waals surface area contributed by atoms with Gasteiger partial charge in [0.15, 0.2) is 5.96 Å². The van der Waals surface area contributed by atoms with Gasteiger partial charge < -0.3 is 25.0 Å². The van der Waals surface area contributed by atoms with E-state index in [9.17, 15) is 0 Å². The van der Waals surface area contributed by atoms with Crippen molar-refractivity contribution in [3.05, 3.63) is 0 Å². The topological polar surface area (TPSA) is 58.1 Å². The molecule has 2 heterocycles. The summed E-state index contributed by atoms with van der Waals surface area (Å²) < 4.78 is 11.6. The Morgan fingerprint density at radius 2 is 1.97 bits per heavy atom. The second-order valence-corrected chi connectivity index (χ2v) is 9.49. The van der Waals surface area contributed by atoms with Crippen molar-refractivity contribution in [2.75, 3.05) is 46.5 Å². The van der Waals surface area contributed by atoms with Crippen LogP contribution in [0.25, 0.3) is 0 Å². The van der Waals surface area contributed by atoms with Crippen LogP contribution >= 0.6 is 24.0 Å². The maximum Gasteiger partial charge on any atom is 0.191 e. The Kier molecular flexibility index (Phi) is 10.5. The van der Waals surface area contributed by atoms with Gasteiger partial charge in [-0.15, -0.1) is 24.0 Å². The van der Waals surface area contributed by atoms with Crippen molar-refractivity contribution < 1.29 is 9.47 Å². The highest BCUT2D eigenvalue weighted by Gasteiger charge is 2.49. The number of guanidine groups is 1. The smallest absolute Gasteiger partial charge is 0.191 e. The third kappa shape index (κ3) is 6.94. The maximum atomic E-state index is 6.08. The molecule has 3 unspecified atom stereocenters. The van der Waals surface area contributed by atoms with Gasteiger partial charge in [0, 0.05) is 57.4 Å². The van der Waals surface area contributed by atoms with Gasteiger partial charge in [-0.1, -0.05) is 27.2 Å². The Balaban J connectivity index is 0.00000300. The monoisotopic (exact) mass is 522 g/mol. The molecule has 1 aliphatic carbocycles. The Bertz CT molecular complexity index is 503. The summed E-state index contributed by atoms with van der Waals surface area (Å²) in [6.45, 7) is 13.2. The number of likely N-dealkylation sites (tertiary alicyclic amines) is 1. The number of ether oxygens (including phenoxy) is 2. The van der Waals surface area contributed by atoms with Crippen molar-refractivity contribution >= 4 is 29.9 Å². The molecule has 3 fully saturated rings. The van der Waals surface area contributed by atoms with Gasteiger partial charge >= 0.3 is 0 Å². The molecule has 0 radical (unpaired) electrons. The minimum Gasteiger partial charge on any atom is -0.381 e. The zero-order chi connectivity index (χ0) is 20.0. The number of unbranched alkanes of at least 4 members (excludes halogenated alkanes) is 1. The van der Waals surface area contributed by atoms with Crippen LogP contribution in [0.15, 0.2) is 4.99 Å². The molecule has 3 atom stereocenters. The van der Waals surface area contributed by atoms with Crippen molar-refractivity contribution in [2.24, 2.45) is 16.3 Å². The molecule has 2 saturated heterocycles. The molecule has 3 rings (SSSR count). The molecule has 7 heteroatoms. The Morgan fingerprint density at radius 1 is 1.21 bits per heavy atom. The molecular weight excluding hydrogens is 479 g/mol. The predicted octanol–water partition coefficient (Wildman–Crippen LogP) is 3.25. The summed E-state index contributed by atoms with van der Waals surface area (Å²) in [6, 6.07) is 0.940. The van der Waals surface area contributed by atoms with E-state index in [2.05, 4.69) is 41.3 Å². The van der Waals surface area contributed by atoms with Crippen molar-refractivity contribution in [3.8, 4) is 0 Å². The minimum atomic E-state index is 0. The van der Waals surface area contributed by atoms with Crippen LogP contribution in [0.3, 0.4) is 0 Å². The highest BCUT2D eigenvalue weighted by molar-refractivity contribution is 14.0. The van der Waals surface area contributed by atoms with Crippen LogP contribution in [-0.4, -0.2) is 75.5 Å². The van der Waals surface area contributed by atoms with Crippen LogP contribution in [0, 0.1) is 11.3 Å². The van der Waals surface area contributed by atoms with Crippen molar-refractivity contribution in [1.82, 2.24) is 15.5 Å². The molecule has 0 spiro atoms. The van der Waals surface area contributed by atoms with Gasteiger partial charge in [0.25, 0.3) is 0 Å². The first-order chi connectivity index (χ1) is 13.5. The van der Waals surface area contributed by atoms with E-state index in [0.717, 1.165) is 44.5 Å². The highest BCUT2D eigenvalue weighted by Crippen LogP contribution is 2.42. The third-order valence-electron chi connectivity index (χ3n) is 7.00. The number of nitrogens with one attached hydrogen (secondary N) is 2. The fourth-order valence-electron chi connectivity index (χ4n) is 4.66. The fraction of sp³-hybridized carbons (Fsp3) is 0.955. The van der Waals surface area contributed by atoms with E-state index >= 15 is 0 Å². The Hall–Kier alpha value is -0.120. The number of nitrogens with zero attached hydrogens (tertiary/aromatic N) is 2. The summed E-state index contributed by atoms with van der Waals surface area (Å²) in [5.41, 5.74) is 0.151. The van der Waals surface area contributed by atoms with E-state index in [1.54, 1.807) is 0 Å². The van der Waals surface area contributed by atoms with Gasteiger partial charge in [0.05, 0.1) is 12.7 Å². The Labute approximate surface area is 195 Å². The van der Waals surface area contributed by atoms with Crippen molar-refractivity contribution in [1.29, 1.82) is 0 Å². The van der Waals surface area contributed by atoms with Crippen LogP contribution in [0.5, 0.6) is 0 Å². The number of aliphatic imine (C=N–C) groups is 1. The summed E-state index contributed by atoms with van der Waals surface area (Å²) in [6.07, 6.45) is 7.38. The quantitative estimate of drug-likeness (QED) is 0.222. The largest absolute Gasteiger partial charge is 0.381 e. The molecular formula is C22H43IN4O2. The van der Waals surface area contributed by atoms with Gasteiger partial charge in [-0.05, 0) is 38.0 Å². The molecule has 0 aromatic rings. The molecule has 0 aromatic carbocycles. The molecule has 2 aliphatic heterocycles. The van der Waals surface area contributed by atoms with Crippen LogP contribution in [0.2, 0.25) is 0 Å². The second-order valence-electron chi connectivity index (χ2n) is 9.49. The Morgan fingerprint density at radius 3 is 2.55 bits per heavy atom. The van der Waals surface area contributed by atoms with Crippen LogP contribution < -0.4 is 10.6 Å². The van der Waals surface area contributed by atoms with Crippen molar-refractivity contribution in [3.63, 3.8) is 0 Å². The summed E-state index contributed by atoms with van der Waals surface area (Å²) in [4.78, 5) is 7.11. The van der Waals surface area contributed by atoms with Crippen LogP contribution in [0.4, 0.5) is 0 Å².